The summed E-state index contributed by atoms with van der Waals surface area (Å²) in [5.41, 5.74) is 0.713. The molecule has 7 nitrogen and oxygen atoms in total. The molecule has 0 radical (unpaired) electrons. The van der Waals surface area contributed by atoms with Gasteiger partial charge in [-0.2, -0.15) is 0 Å². The summed E-state index contributed by atoms with van der Waals surface area (Å²) in [5, 5.41) is 6.65. The molecular formula is C18H21N3O4. The van der Waals surface area contributed by atoms with E-state index in [1.54, 1.807) is 27.0 Å². The van der Waals surface area contributed by atoms with Crippen LogP contribution in [-0.2, 0) is 17.8 Å². The average Bonchev–Trinajstić information content (AvgIpc) is 3.10. The third-order valence-corrected chi connectivity index (χ3v) is 4.41. The van der Waals surface area contributed by atoms with Crippen molar-refractivity contribution in [2.45, 2.75) is 38.8 Å². The quantitative estimate of drug-likeness (QED) is 0.814. The minimum absolute atomic E-state index is 0.111. The van der Waals surface area contributed by atoms with Gasteiger partial charge >= 0.3 is 6.03 Å². The molecule has 3 rings (SSSR count). The number of hydrogen-bond donors (Lipinski definition) is 1. The van der Waals surface area contributed by atoms with E-state index in [1.807, 2.05) is 24.3 Å². The molecule has 25 heavy (non-hydrogen) atoms. The van der Waals surface area contributed by atoms with Gasteiger partial charge in [0.05, 0.1) is 13.7 Å². The molecule has 1 aliphatic heterocycles. The molecule has 0 spiro atoms. The van der Waals surface area contributed by atoms with Crippen molar-refractivity contribution in [2.75, 3.05) is 7.11 Å². The first-order chi connectivity index (χ1) is 11.9. The standard InChI is InChI=1S/C18H21N3O4/c1-12-10-14(20-25-12)11-21-16(22)18(2,19-17(21)23)9-8-13-4-6-15(24-3)7-5-13/h4-7,10H,8-9,11H2,1-3H3,(H,19,23). The Bertz CT molecular complexity index is 784. The highest BCUT2D eigenvalue weighted by molar-refractivity contribution is 6.06. The van der Waals surface area contributed by atoms with Crippen molar-refractivity contribution in [1.82, 2.24) is 15.4 Å². The Morgan fingerprint density at radius 2 is 2.00 bits per heavy atom. The van der Waals surface area contributed by atoms with Gasteiger partial charge in [-0.1, -0.05) is 17.3 Å². The first-order valence-corrected chi connectivity index (χ1v) is 8.10. The number of imide groups is 1. The van der Waals surface area contributed by atoms with Crippen LogP contribution in [0, 0.1) is 6.92 Å². The van der Waals surface area contributed by atoms with Crippen molar-refractivity contribution in [3.05, 3.63) is 47.3 Å². The van der Waals surface area contributed by atoms with Crippen LogP contribution in [0.25, 0.3) is 0 Å². The molecule has 1 aromatic carbocycles. The summed E-state index contributed by atoms with van der Waals surface area (Å²) >= 11 is 0. The highest BCUT2D eigenvalue weighted by Crippen LogP contribution is 2.25. The number of carbonyl (C=O) groups excluding carboxylic acids is 2. The number of amides is 3. The average molecular weight is 343 g/mol. The minimum Gasteiger partial charge on any atom is -0.497 e. The molecule has 1 aromatic heterocycles. The molecule has 3 amide bonds. The fourth-order valence-corrected chi connectivity index (χ4v) is 2.90. The van der Waals surface area contributed by atoms with E-state index in [2.05, 4.69) is 10.5 Å². The maximum atomic E-state index is 12.7. The first-order valence-electron chi connectivity index (χ1n) is 8.10. The lowest BCUT2D eigenvalue weighted by molar-refractivity contribution is -0.131. The Morgan fingerprint density at radius 3 is 2.60 bits per heavy atom. The number of urea groups is 1. The maximum absolute atomic E-state index is 12.7. The van der Waals surface area contributed by atoms with Gasteiger partial charge in [-0.05, 0) is 44.4 Å². The topological polar surface area (TPSA) is 84.7 Å². The monoisotopic (exact) mass is 343 g/mol. The van der Waals surface area contributed by atoms with Gasteiger partial charge in [-0.15, -0.1) is 0 Å². The van der Waals surface area contributed by atoms with Crippen LogP contribution in [0.5, 0.6) is 5.75 Å². The third kappa shape index (κ3) is 3.50. The molecule has 7 heteroatoms. The lowest BCUT2D eigenvalue weighted by Gasteiger charge is -2.21. The molecule has 1 unspecified atom stereocenters. The smallest absolute Gasteiger partial charge is 0.325 e. The number of methoxy groups -OCH3 is 1. The summed E-state index contributed by atoms with van der Waals surface area (Å²) < 4.78 is 10.1. The first kappa shape index (κ1) is 17.0. The Hall–Kier alpha value is -2.83. The molecule has 1 N–H and O–H groups in total. The van der Waals surface area contributed by atoms with Crippen LogP contribution in [0.4, 0.5) is 4.79 Å². The fourth-order valence-electron chi connectivity index (χ4n) is 2.90. The van der Waals surface area contributed by atoms with E-state index in [9.17, 15) is 9.59 Å². The Balaban J connectivity index is 1.66. The second kappa shape index (κ2) is 6.58. The molecule has 2 aromatic rings. The van der Waals surface area contributed by atoms with Gasteiger partial charge in [0.15, 0.2) is 0 Å². The predicted octanol–water partition coefficient (Wildman–Crippen LogP) is 2.43. The van der Waals surface area contributed by atoms with Gasteiger partial charge in [-0.3, -0.25) is 9.69 Å². The molecule has 0 bridgehead atoms. The lowest BCUT2D eigenvalue weighted by atomic mass is 9.93. The molecule has 1 fully saturated rings. The predicted molar refractivity (Wildman–Crippen MR) is 90.0 cm³/mol. The molecule has 0 saturated carbocycles. The summed E-state index contributed by atoms with van der Waals surface area (Å²) in [6.07, 6.45) is 1.18. The Labute approximate surface area is 145 Å². The van der Waals surface area contributed by atoms with Gasteiger partial charge in [0.1, 0.15) is 22.7 Å². The summed E-state index contributed by atoms with van der Waals surface area (Å²) in [4.78, 5) is 26.1. The van der Waals surface area contributed by atoms with E-state index in [0.717, 1.165) is 11.3 Å². The molecule has 1 atom stereocenters. The normalized spacial score (nSPS) is 20.0. The van der Waals surface area contributed by atoms with Crippen molar-refractivity contribution in [3.8, 4) is 5.75 Å². The van der Waals surface area contributed by atoms with Crippen LogP contribution in [0.1, 0.15) is 30.4 Å². The lowest BCUT2D eigenvalue weighted by Crippen LogP contribution is -2.44. The second-order valence-corrected chi connectivity index (χ2v) is 6.43. The van der Waals surface area contributed by atoms with E-state index < -0.39 is 11.6 Å². The number of nitrogens with one attached hydrogen (secondary N) is 1. The van der Waals surface area contributed by atoms with E-state index >= 15 is 0 Å². The number of aromatic nitrogens is 1. The Morgan fingerprint density at radius 1 is 1.28 bits per heavy atom. The fraction of sp³-hybridized carbons (Fsp3) is 0.389. The van der Waals surface area contributed by atoms with Crippen molar-refractivity contribution in [1.29, 1.82) is 0 Å². The van der Waals surface area contributed by atoms with Crippen LogP contribution in [0.15, 0.2) is 34.9 Å². The van der Waals surface area contributed by atoms with Crippen LogP contribution in [-0.4, -0.2) is 34.6 Å². The number of nitrogens with zero attached hydrogens (tertiary/aromatic N) is 2. The van der Waals surface area contributed by atoms with E-state index in [1.165, 1.54) is 4.90 Å². The molecular weight excluding hydrogens is 322 g/mol. The van der Waals surface area contributed by atoms with Crippen LogP contribution >= 0.6 is 0 Å². The summed E-state index contributed by atoms with van der Waals surface area (Å²) in [7, 11) is 1.62. The molecule has 2 heterocycles. The van der Waals surface area contributed by atoms with Gasteiger partial charge in [0.2, 0.25) is 0 Å². The van der Waals surface area contributed by atoms with E-state index in [-0.39, 0.29) is 12.5 Å². The number of carbonyl (C=O) groups is 2. The number of aryl methyl sites for hydroxylation is 2. The highest BCUT2D eigenvalue weighted by Gasteiger charge is 2.47. The highest BCUT2D eigenvalue weighted by atomic mass is 16.5. The Kier molecular flexibility index (Phi) is 4.48. The zero-order chi connectivity index (χ0) is 18.0. The zero-order valence-corrected chi connectivity index (χ0v) is 14.5. The van der Waals surface area contributed by atoms with Crippen molar-refractivity contribution in [3.63, 3.8) is 0 Å². The number of hydrogen-bond acceptors (Lipinski definition) is 5. The molecule has 1 saturated heterocycles. The number of rotatable bonds is 6. The van der Waals surface area contributed by atoms with Crippen LogP contribution in [0.3, 0.4) is 0 Å². The third-order valence-electron chi connectivity index (χ3n) is 4.41. The van der Waals surface area contributed by atoms with Crippen LogP contribution in [0.2, 0.25) is 0 Å². The minimum atomic E-state index is -0.921. The van der Waals surface area contributed by atoms with Gasteiger partial charge in [0.25, 0.3) is 5.91 Å². The van der Waals surface area contributed by atoms with Crippen molar-refractivity contribution >= 4 is 11.9 Å². The SMILES string of the molecule is COc1ccc(CCC2(C)NC(=O)N(Cc3cc(C)on3)C2=O)cc1. The van der Waals surface area contributed by atoms with E-state index in [4.69, 9.17) is 9.26 Å². The van der Waals surface area contributed by atoms with Crippen LogP contribution < -0.4 is 10.1 Å². The number of benzene rings is 1. The molecule has 132 valence electrons. The van der Waals surface area contributed by atoms with Gasteiger partial charge in [0, 0.05) is 6.07 Å². The van der Waals surface area contributed by atoms with E-state index in [0.29, 0.717) is 24.3 Å². The van der Waals surface area contributed by atoms with Crippen molar-refractivity contribution in [2.24, 2.45) is 0 Å². The molecule has 1 aliphatic rings. The summed E-state index contributed by atoms with van der Waals surface area (Å²) in [5.74, 6) is 1.19. The zero-order valence-electron chi connectivity index (χ0n) is 14.5. The largest absolute Gasteiger partial charge is 0.497 e. The van der Waals surface area contributed by atoms with Gasteiger partial charge in [-0.25, -0.2) is 4.79 Å². The molecule has 0 aliphatic carbocycles. The maximum Gasteiger partial charge on any atom is 0.325 e. The second-order valence-electron chi connectivity index (χ2n) is 6.43. The summed E-state index contributed by atoms with van der Waals surface area (Å²) in [6.45, 7) is 3.63. The number of ether oxygens (including phenoxy) is 1. The van der Waals surface area contributed by atoms with Crippen molar-refractivity contribution < 1.29 is 18.8 Å². The summed E-state index contributed by atoms with van der Waals surface area (Å²) in [6, 6.07) is 8.99. The van der Waals surface area contributed by atoms with Gasteiger partial charge < -0.3 is 14.6 Å².